The molecule has 0 aromatic heterocycles. The zero-order chi connectivity index (χ0) is 9.84. The number of carbonyl (C=O) groups excluding carboxylic acids is 1. The summed E-state index contributed by atoms with van der Waals surface area (Å²) in [6, 6.07) is 0. The topological polar surface area (TPSA) is 42.0 Å². The van der Waals surface area contributed by atoms with Crippen molar-refractivity contribution < 1.29 is 14.3 Å². The Hall–Kier alpha value is -0.585. The smallest absolute Gasteiger partial charge is 0.398 e. The quantitative estimate of drug-likeness (QED) is 0.421. The zero-order valence-corrected chi connectivity index (χ0v) is 8.19. The van der Waals surface area contributed by atoms with Gasteiger partial charge in [0, 0.05) is 27.2 Å². The average molecular weight is 185 g/mol. The van der Waals surface area contributed by atoms with Crippen molar-refractivity contribution in [1.29, 1.82) is 0 Å². The first kappa shape index (κ1) is 10.5. The molecule has 1 aliphatic heterocycles. The van der Waals surface area contributed by atoms with E-state index < -0.39 is 0 Å². The first-order valence-electron chi connectivity index (χ1n) is 4.11. The minimum absolute atomic E-state index is 0.0169. The molecule has 0 bridgehead atoms. The predicted octanol–water partition coefficient (Wildman–Crippen LogP) is -0.881. The van der Waals surface area contributed by atoms with E-state index >= 15 is 0 Å². The van der Waals surface area contributed by atoms with Crippen LogP contribution in [-0.4, -0.2) is 57.8 Å². The molecule has 1 aliphatic rings. The Morgan fingerprint density at radius 2 is 2.15 bits per heavy atom. The molecule has 1 rings (SSSR count). The molecule has 73 valence electrons. The third kappa shape index (κ3) is 2.43. The molecule has 1 fully saturated rings. The monoisotopic (exact) mass is 185 g/mol. The molecule has 13 heavy (non-hydrogen) atoms. The Kier molecular flexibility index (Phi) is 3.71. The van der Waals surface area contributed by atoms with Gasteiger partial charge in [-0.25, -0.2) is 5.06 Å². The van der Waals surface area contributed by atoms with Gasteiger partial charge in [-0.2, -0.15) is 0 Å². The van der Waals surface area contributed by atoms with Gasteiger partial charge in [0.2, 0.25) is 0 Å². The summed E-state index contributed by atoms with van der Waals surface area (Å²) in [7, 11) is 6.31. The van der Waals surface area contributed by atoms with Gasteiger partial charge in [0.25, 0.3) is 5.91 Å². The van der Waals surface area contributed by atoms with Crippen molar-refractivity contribution in [2.45, 2.75) is 0 Å². The van der Waals surface area contributed by atoms with Crippen LogP contribution < -0.4 is 0 Å². The van der Waals surface area contributed by atoms with Gasteiger partial charge in [0.1, 0.15) is 0 Å². The van der Waals surface area contributed by atoms with Crippen LogP contribution in [0.1, 0.15) is 0 Å². The first-order valence-corrected chi connectivity index (χ1v) is 4.11. The van der Waals surface area contributed by atoms with E-state index in [2.05, 4.69) is 0 Å². The average Bonchev–Trinajstić information content (AvgIpc) is 2.08. The lowest BCUT2D eigenvalue weighted by Gasteiger charge is -2.38. The second-order valence-corrected chi connectivity index (χ2v) is 3.01. The maximum atomic E-state index is 11.4. The minimum Gasteiger partial charge on any atom is -0.427 e. The van der Waals surface area contributed by atoms with Crippen molar-refractivity contribution in [2.75, 3.05) is 34.4 Å². The van der Waals surface area contributed by atoms with E-state index in [0.29, 0.717) is 13.1 Å². The number of rotatable bonds is 4. The summed E-state index contributed by atoms with van der Waals surface area (Å²) in [5.41, 5.74) is 0. The number of amides is 1. The summed E-state index contributed by atoms with van der Waals surface area (Å²) in [5, 5.41) is 1.26. The summed E-state index contributed by atoms with van der Waals surface area (Å²) in [5.74, 6) is 0.0552. The molecule has 0 aromatic rings. The number of hydrogen-bond donors (Lipinski definition) is 0. The standard InChI is InChI=1S/C7H14BN2O3/c1-9(13-3)7(11)6-4-10(5-6)8-12-2/h6H,4-5H2,1-3H3. The summed E-state index contributed by atoms with van der Waals surface area (Å²) in [6.07, 6.45) is 0. The van der Waals surface area contributed by atoms with E-state index in [0.717, 1.165) is 0 Å². The maximum Gasteiger partial charge on any atom is 0.398 e. The lowest BCUT2D eigenvalue weighted by molar-refractivity contribution is -0.177. The number of hydroxylamine groups is 2. The minimum atomic E-state index is 0.0169. The number of nitrogens with zero attached hydrogens (tertiary/aromatic N) is 2. The molecule has 0 spiro atoms. The van der Waals surface area contributed by atoms with Gasteiger partial charge in [-0.15, -0.1) is 0 Å². The fourth-order valence-corrected chi connectivity index (χ4v) is 1.25. The predicted molar refractivity (Wildman–Crippen MR) is 47.6 cm³/mol. The van der Waals surface area contributed by atoms with Gasteiger partial charge in [-0.05, 0) is 0 Å². The van der Waals surface area contributed by atoms with Crippen LogP contribution in [0, 0.1) is 5.92 Å². The van der Waals surface area contributed by atoms with Gasteiger partial charge in [0.05, 0.1) is 13.0 Å². The van der Waals surface area contributed by atoms with Gasteiger partial charge < -0.3 is 9.47 Å². The Morgan fingerprint density at radius 1 is 1.54 bits per heavy atom. The molecule has 5 nitrogen and oxygen atoms in total. The second-order valence-electron chi connectivity index (χ2n) is 3.01. The molecule has 0 atom stereocenters. The Labute approximate surface area is 78.8 Å². The van der Waals surface area contributed by atoms with Crippen LogP contribution in [0.25, 0.3) is 0 Å². The van der Waals surface area contributed by atoms with Crippen molar-refractivity contribution in [1.82, 2.24) is 9.87 Å². The lowest BCUT2D eigenvalue weighted by atomic mass is 9.93. The summed E-state index contributed by atoms with van der Waals surface area (Å²) in [4.78, 5) is 18.2. The molecular formula is C7H14BN2O3. The third-order valence-electron chi connectivity index (χ3n) is 2.10. The van der Waals surface area contributed by atoms with E-state index in [-0.39, 0.29) is 11.8 Å². The molecule has 1 radical (unpaired) electrons. The van der Waals surface area contributed by atoms with Crippen molar-refractivity contribution in [2.24, 2.45) is 5.92 Å². The van der Waals surface area contributed by atoms with Crippen LogP contribution in [0.15, 0.2) is 0 Å². The van der Waals surface area contributed by atoms with Gasteiger partial charge in [-0.1, -0.05) is 0 Å². The summed E-state index contributed by atoms with van der Waals surface area (Å²) in [6.45, 7) is 1.42. The van der Waals surface area contributed by atoms with Crippen molar-refractivity contribution in [3.05, 3.63) is 0 Å². The highest BCUT2D eigenvalue weighted by Gasteiger charge is 2.34. The van der Waals surface area contributed by atoms with Gasteiger partial charge in [0.15, 0.2) is 0 Å². The van der Waals surface area contributed by atoms with Crippen LogP contribution in [0.5, 0.6) is 0 Å². The SMILES string of the molecule is CO[B]N1CC(C(=O)N(C)OC)C1. The Morgan fingerprint density at radius 3 is 2.62 bits per heavy atom. The second kappa shape index (κ2) is 4.60. The molecule has 1 heterocycles. The van der Waals surface area contributed by atoms with Crippen LogP contribution in [0.3, 0.4) is 0 Å². The molecule has 0 saturated carbocycles. The van der Waals surface area contributed by atoms with E-state index in [9.17, 15) is 4.79 Å². The van der Waals surface area contributed by atoms with E-state index in [4.69, 9.17) is 9.49 Å². The van der Waals surface area contributed by atoms with Crippen LogP contribution in [0.2, 0.25) is 0 Å². The molecule has 1 amide bonds. The van der Waals surface area contributed by atoms with Crippen molar-refractivity contribution >= 4 is 13.5 Å². The fourth-order valence-electron chi connectivity index (χ4n) is 1.25. The molecular weight excluding hydrogens is 171 g/mol. The highest BCUT2D eigenvalue weighted by atomic mass is 16.7. The largest absolute Gasteiger partial charge is 0.427 e. The normalized spacial score (nSPS) is 18.1. The molecule has 0 aliphatic carbocycles. The molecule has 0 aromatic carbocycles. The zero-order valence-electron chi connectivity index (χ0n) is 8.19. The van der Waals surface area contributed by atoms with Gasteiger partial charge >= 0.3 is 7.62 Å². The van der Waals surface area contributed by atoms with E-state index in [1.807, 2.05) is 4.81 Å². The summed E-state index contributed by atoms with van der Waals surface area (Å²) < 4.78 is 4.81. The first-order chi connectivity index (χ1) is 6.19. The van der Waals surface area contributed by atoms with Crippen LogP contribution in [-0.2, 0) is 14.3 Å². The van der Waals surface area contributed by atoms with Crippen molar-refractivity contribution in [3.8, 4) is 0 Å². The highest BCUT2D eigenvalue weighted by Crippen LogP contribution is 2.16. The Balaban J connectivity index is 2.23. The molecule has 6 heteroatoms. The van der Waals surface area contributed by atoms with Crippen molar-refractivity contribution in [3.63, 3.8) is 0 Å². The number of hydrogen-bond acceptors (Lipinski definition) is 4. The van der Waals surface area contributed by atoms with E-state index in [1.165, 1.54) is 12.2 Å². The summed E-state index contributed by atoms with van der Waals surface area (Å²) >= 11 is 0. The lowest BCUT2D eigenvalue weighted by Crippen LogP contribution is -2.55. The maximum absolute atomic E-state index is 11.4. The van der Waals surface area contributed by atoms with Crippen LogP contribution >= 0.6 is 0 Å². The highest BCUT2D eigenvalue weighted by molar-refractivity contribution is 6.23. The molecule has 0 N–H and O–H groups in total. The number of carbonyl (C=O) groups is 1. The van der Waals surface area contributed by atoms with E-state index in [1.54, 1.807) is 21.8 Å². The molecule has 1 saturated heterocycles. The van der Waals surface area contributed by atoms with Crippen LogP contribution in [0.4, 0.5) is 0 Å². The molecule has 0 unspecified atom stereocenters. The third-order valence-corrected chi connectivity index (χ3v) is 2.10. The fraction of sp³-hybridized carbons (Fsp3) is 0.857. The Bertz CT molecular complexity index is 185. The van der Waals surface area contributed by atoms with Gasteiger partial charge in [-0.3, -0.25) is 9.63 Å².